The van der Waals surface area contributed by atoms with Crippen molar-refractivity contribution >= 4 is 29.2 Å². The molecule has 0 aromatic heterocycles. The first-order valence-electron chi connectivity index (χ1n) is 7.93. The molecule has 0 aliphatic carbocycles. The predicted octanol–water partition coefficient (Wildman–Crippen LogP) is 1.03. The van der Waals surface area contributed by atoms with Gasteiger partial charge in [0.1, 0.15) is 6.04 Å². The lowest BCUT2D eigenvalue weighted by Gasteiger charge is -2.18. The fraction of sp³-hybridized carbons (Fsp3) is 0.211. The number of rotatable bonds is 5. The number of carboxylic acid groups (broad SMARTS) is 1. The molecule has 1 aliphatic rings. The molecule has 1 fully saturated rings. The summed E-state index contributed by atoms with van der Waals surface area (Å²) < 4.78 is 0. The number of amides is 2. The molecule has 1 atom stereocenters. The molecule has 2 aromatic carbocycles. The summed E-state index contributed by atoms with van der Waals surface area (Å²) in [7, 11) is 0. The second-order valence-electron chi connectivity index (χ2n) is 6.00. The van der Waals surface area contributed by atoms with Gasteiger partial charge >= 0.3 is 0 Å². The molecule has 0 saturated carbocycles. The summed E-state index contributed by atoms with van der Waals surface area (Å²) in [6, 6.07) is 13.3. The van der Waals surface area contributed by atoms with Gasteiger partial charge in [0.05, 0.1) is 12.1 Å². The van der Waals surface area contributed by atoms with Crippen molar-refractivity contribution in [2.24, 2.45) is 0 Å². The molecule has 3 rings (SSSR count). The average molecular weight is 337 g/mol. The third-order valence-electron chi connectivity index (χ3n) is 4.15. The maximum Gasteiger partial charge on any atom is 0.256 e. The van der Waals surface area contributed by atoms with E-state index in [1.807, 2.05) is 19.1 Å². The van der Waals surface area contributed by atoms with Crippen LogP contribution < -0.4 is 15.3 Å². The highest BCUT2D eigenvalue weighted by atomic mass is 16.4. The lowest BCUT2D eigenvalue weighted by molar-refractivity contribution is -0.304. The zero-order valence-corrected chi connectivity index (χ0v) is 13.7. The molecule has 2 amide bonds. The summed E-state index contributed by atoms with van der Waals surface area (Å²) in [5.41, 5.74) is 2.73. The van der Waals surface area contributed by atoms with Crippen molar-refractivity contribution in [1.29, 1.82) is 0 Å². The largest absolute Gasteiger partial charge is 0.550 e. The molecule has 128 valence electrons. The second-order valence-corrected chi connectivity index (χ2v) is 6.00. The molecule has 1 aliphatic heterocycles. The van der Waals surface area contributed by atoms with Gasteiger partial charge in [-0.1, -0.05) is 30.3 Å². The van der Waals surface area contributed by atoms with Crippen LogP contribution in [-0.4, -0.2) is 23.8 Å². The third-order valence-corrected chi connectivity index (χ3v) is 4.15. The average Bonchev–Trinajstić information content (AvgIpc) is 2.83. The number of benzene rings is 2. The molecule has 25 heavy (non-hydrogen) atoms. The minimum Gasteiger partial charge on any atom is -0.550 e. The van der Waals surface area contributed by atoms with Gasteiger partial charge in [-0.05, 0) is 36.2 Å². The molecule has 1 saturated heterocycles. The number of nitrogens with one attached hydrogen (secondary N) is 1. The number of nitrogens with zero attached hydrogens (tertiary/aromatic N) is 1. The Morgan fingerprint density at radius 1 is 1.16 bits per heavy atom. The lowest BCUT2D eigenvalue weighted by atomic mass is 10.1. The Balaban J connectivity index is 1.74. The van der Waals surface area contributed by atoms with Crippen molar-refractivity contribution in [1.82, 2.24) is 0 Å². The van der Waals surface area contributed by atoms with E-state index in [1.165, 1.54) is 4.90 Å². The molecule has 6 heteroatoms. The number of aliphatic carboxylic acids is 1. The Bertz CT molecular complexity index is 830. The summed E-state index contributed by atoms with van der Waals surface area (Å²) in [5, 5.41) is 13.6. The Hall–Kier alpha value is -3.15. The number of para-hydroxylation sites is 1. The molecular weight excluding hydrogens is 320 g/mol. The van der Waals surface area contributed by atoms with E-state index >= 15 is 0 Å². The molecule has 0 bridgehead atoms. The van der Waals surface area contributed by atoms with Gasteiger partial charge < -0.3 is 15.2 Å². The van der Waals surface area contributed by atoms with Crippen molar-refractivity contribution < 1.29 is 19.5 Å². The van der Waals surface area contributed by atoms with Crippen LogP contribution in [0.1, 0.15) is 17.5 Å². The van der Waals surface area contributed by atoms with Crippen LogP contribution in [0.25, 0.3) is 0 Å². The molecular formula is C19H17N2O4-. The molecule has 2 aromatic rings. The van der Waals surface area contributed by atoms with Crippen LogP contribution in [0.5, 0.6) is 0 Å². The van der Waals surface area contributed by atoms with Gasteiger partial charge in [0, 0.05) is 18.1 Å². The van der Waals surface area contributed by atoms with Crippen LogP contribution >= 0.6 is 0 Å². The fourth-order valence-electron chi connectivity index (χ4n) is 2.90. The third kappa shape index (κ3) is 3.52. The number of hydrogen-bond acceptors (Lipinski definition) is 5. The minimum atomic E-state index is -1.15. The molecule has 6 nitrogen and oxygen atoms in total. The Morgan fingerprint density at radius 3 is 2.48 bits per heavy atom. The van der Waals surface area contributed by atoms with E-state index in [0.717, 1.165) is 5.56 Å². The highest BCUT2D eigenvalue weighted by molar-refractivity contribution is 6.23. The first-order valence-corrected chi connectivity index (χ1v) is 7.93. The number of carbonyl (C=O) groups is 3. The fourth-order valence-corrected chi connectivity index (χ4v) is 2.90. The quantitative estimate of drug-likeness (QED) is 0.823. The van der Waals surface area contributed by atoms with Crippen molar-refractivity contribution in [3.8, 4) is 0 Å². The van der Waals surface area contributed by atoms with Gasteiger partial charge in [0.25, 0.3) is 5.91 Å². The standard InChI is InChI=1S/C19H18N2O4/c1-12-4-2-3-5-16(12)21-17(22)11-15(19(21)25)20-14-8-6-13(7-9-14)10-18(23)24/h2-9,15,20H,10-11H2,1H3,(H,23,24)/p-1/t15-/m1/s1. The summed E-state index contributed by atoms with van der Waals surface area (Å²) in [4.78, 5) is 36.8. The number of carbonyl (C=O) groups excluding carboxylic acids is 3. The Labute approximate surface area is 145 Å². The van der Waals surface area contributed by atoms with Crippen LogP contribution in [-0.2, 0) is 20.8 Å². The number of aryl methyl sites for hydroxylation is 1. The predicted molar refractivity (Wildman–Crippen MR) is 90.9 cm³/mol. The summed E-state index contributed by atoms with van der Waals surface area (Å²) in [5.74, 6) is -1.69. The highest BCUT2D eigenvalue weighted by Gasteiger charge is 2.40. The molecule has 0 unspecified atom stereocenters. The summed E-state index contributed by atoms with van der Waals surface area (Å²) in [6.45, 7) is 1.85. The molecule has 1 heterocycles. The van der Waals surface area contributed by atoms with Gasteiger partial charge in [-0.2, -0.15) is 0 Å². The van der Waals surface area contributed by atoms with E-state index in [0.29, 0.717) is 16.9 Å². The molecule has 1 N–H and O–H groups in total. The Kier molecular flexibility index (Phi) is 4.52. The zero-order chi connectivity index (χ0) is 18.0. The number of hydrogen-bond donors (Lipinski definition) is 1. The lowest BCUT2D eigenvalue weighted by Crippen LogP contribution is -2.35. The van der Waals surface area contributed by atoms with E-state index in [4.69, 9.17) is 0 Å². The van der Waals surface area contributed by atoms with Crippen LogP contribution in [0.3, 0.4) is 0 Å². The van der Waals surface area contributed by atoms with Gasteiger partial charge in [-0.25, -0.2) is 4.90 Å². The van der Waals surface area contributed by atoms with Crippen molar-refractivity contribution in [3.05, 3.63) is 59.7 Å². The smallest absolute Gasteiger partial charge is 0.256 e. The Morgan fingerprint density at radius 2 is 1.84 bits per heavy atom. The van der Waals surface area contributed by atoms with E-state index in [-0.39, 0.29) is 24.7 Å². The normalized spacial score (nSPS) is 17.0. The number of imide groups is 1. The zero-order valence-electron chi connectivity index (χ0n) is 13.7. The summed E-state index contributed by atoms with van der Waals surface area (Å²) >= 11 is 0. The van der Waals surface area contributed by atoms with Crippen molar-refractivity contribution in [2.75, 3.05) is 10.2 Å². The number of anilines is 2. The van der Waals surface area contributed by atoms with Crippen LogP contribution in [0.15, 0.2) is 48.5 Å². The van der Waals surface area contributed by atoms with Gasteiger partial charge in [-0.15, -0.1) is 0 Å². The first kappa shape index (κ1) is 16.7. The highest BCUT2D eigenvalue weighted by Crippen LogP contribution is 2.27. The SMILES string of the molecule is Cc1ccccc1N1C(=O)C[C@@H](Nc2ccc(CC(=O)[O-])cc2)C1=O. The van der Waals surface area contributed by atoms with E-state index in [9.17, 15) is 19.5 Å². The molecule has 0 radical (unpaired) electrons. The van der Waals surface area contributed by atoms with E-state index in [1.54, 1.807) is 36.4 Å². The maximum atomic E-state index is 12.6. The van der Waals surface area contributed by atoms with E-state index in [2.05, 4.69) is 5.32 Å². The first-order chi connectivity index (χ1) is 12.0. The second kappa shape index (κ2) is 6.76. The monoisotopic (exact) mass is 337 g/mol. The van der Waals surface area contributed by atoms with Gasteiger partial charge in [0.2, 0.25) is 5.91 Å². The van der Waals surface area contributed by atoms with Crippen LogP contribution in [0.2, 0.25) is 0 Å². The maximum absolute atomic E-state index is 12.6. The minimum absolute atomic E-state index is 0.0773. The van der Waals surface area contributed by atoms with E-state index < -0.39 is 12.0 Å². The molecule has 0 spiro atoms. The van der Waals surface area contributed by atoms with Gasteiger partial charge in [0.15, 0.2) is 0 Å². The van der Waals surface area contributed by atoms with Crippen LogP contribution in [0, 0.1) is 6.92 Å². The van der Waals surface area contributed by atoms with Crippen molar-refractivity contribution in [3.63, 3.8) is 0 Å². The van der Waals surface area contributed by atoms with Crippen LogP contribution in [0.4, 0.5) is 11.4 Å². The van der Waals surface area contributed by atoms with Crippen molar-refractivity contribution in [2.45, 2.75) is 25.8 Å². The topological polar surface area (TPSA) is 89.5 Å². The number of carboxylic acids is 1. The van der Waals surface area contributed by atoms with Gasteiger partial charge in [-0.3, -0.25) is 9.59 Å². The summed E-state index contributed by atoms with van der Waals surface area (Å²) in [6.07, 6.45) is -0.0872.